The van der Waals surface area contributed by atoms with Gasteiger partial charge in [0.15, 0.2) is 12.4 Å². The molecule has 3 N–H and O–H groups in total. The highest BCUT2D eigenvalue weighted by Gasteiger charge is 2.30. The van der Waals surface area contributed by atoms with Crippen molar-refractivity contribution in [3.05, 3.63) is 45.7 Å². The number of benzene rings is 1. The Morgan fingerprint density at radius 3 is 2.68 bits per heavy atom. The molecule has 0 fully saturated rings. The van der Waals surface area contributed by atoms with Gasteiger partial charge in [-0.05, 0) is 38.5 Å². The lowest BCUT2D eigenvalue weighted by molar-refractivity contribution is -0.119. The second-order valence-corrected chi connectivity index (χ2v) is 7.39. The number of nitrogens with two attached hydrogens (primary N) is 1. The molecular weight excluding hydrogens is 340 g/mol. The van der Waals surface area contributed by atoms with Crippen molar-refractivity contribution in [2.24, 2.45) is 10.7 Å². The molecule has 0 bridgehead atoms. The zero-order chi connectivity index (χ0) is 18.1. The quantitative estimate of drug-likeness (QED) is 0.855. The molecule has 3 rings (SSSR count). The number of aromatic amines is 1. The van der Waals surface area contributed by atoms with Crippen molar-refractivity contribution in [2.75, 3.05) is 6.61 Å². The summed E-state index contributed by atoms with van der Waals surface area (Å²) in [5, 5.41) is 3.65. The number of amides is 1. The molecule has 0 saturated heterocycles. The van der Waals surface area contributed by atoms with Crippen molar-refractivity contribution in [1.29, 1.82) is 0 Å². The topological polar surface area (TPSA) is 102 Å². The van der Waals surface area contributed by atoms with Crippen LogP contribution >= 0.6 is 11.8 Å². The Morgan fingerprint density at radius 1 is 1.40 bits per heavy atom. The molecule has 1 aromatic carbocycles. The zero-order valence-electron chi connectivity index (χ0n) is 14.3. The molecule has 1 aliphatic rings. The van der Waals surface area contributed by atoms with Gasteiger partial charge in [0.1, 0.15) is 5.75 Å². The van der Waals surface area contributed by atoms with Gasteiger partial charge in [-0.1, -0.05) is 23.9 Å². The third kappa shape index (κ3) is 3.48. The van der Waals surface area contributed by atoms with Crippen LogP contribution in [0.15, 0.2) is 34.1 Å². The van der Waals surface area contributed by atoms with Crippen molar-refractivity contribution in [1.82, 2.24) is 9.78 Å². The molecule has 0 spiro atoms. The molecule has 0 saturated carbocycles. The summed E-state index contributed by atoms with van der Waals surface area (Å²) >= 11 is 1.55. The van der Waals surface area contributed by atoms with E-state index in [1.54, 1.807) is 28.6 Å². The molecule has 0 aliphatic carbocycles. The number of aliphatic imine (C=N–C) groups is 1. The lowest BCUT2D eigenvalue weighted by atomic mass is 10.1. The van der Waals surface area contributed by atoms with Gasteiger partial charge in [-0.15, -0.1) is 0 Å². The summed E-state index contributed by atoms with van der Waals surface area (Å²) < 4.78 is 7.09. The Morgan fingerprint density at radius 2 is 2.08 bits per heavy atom. The van der Waals surface area contributed by atoms with Crippen LogP contribution in [0.4, 0.5) is 5.82 Å². The van der Waals surface area contributed by atoms with Crippen LogP contribution in [-0.2, 0) is 4.79 Å². The summed E-state index contributed by atoms with van der Waals surface area (Å²) in [6.45, 7) is 5.78. The number of primary amides is 1. The normalized spacial score (nSPS) is 16.5. The van der Waals surface area contributed by atoms with Gasteiger partial charge in [0.25, 0.3) is 11.5 Å². The second kappa shape index (κ2) is 6.79. The van der Waals surface area contributed by atoms with Crippen LogP contribution in [0.1, 0.15) is 43.2 Å². The number of fused-ring (bicyclic) bond motifs is 1. The summed E-state index contributed by atoms with van der Waals surface area (Å²) in [6.07, 6.45) is 0. The Balaban J connectivity index is 1.96. The molecule has 1 aromatic heterocycles. The second-order valence-electron chi connectivity index (χ2n) is 6.09. The predicted molar refractivity (Wildman–Crippen MR) is 98.8 cm³/mol. The van der Waals surface area contributed by atoms with Crippen LogP contribution < -0.4 is 16.0 Å². The van der Waals surface area contributed by atoms with Crippen molar-refractivity contribution in [3.8, 4) is 5.75 Å². The first-order chi connectivity index (χ1) is 11.9. The van der Waals surface area contributed by atoms with E-state index in [-0.39, 0.29) is 23.5 Å². The monoisotopic (exact) mass is 360 g/mol. The van der Waals surface area contributed by atoms with E-state index in [9.17, 15) is 9.59 Å². The number of carbonyl (C=O) groups excluding carboxylic acids is 1. The van der Waals surface area contributed by atoms with Gasteiger partial charge in [-0.2, -0.15) is 0 Å². The number of rotatable bonds is 5. The zero-order valence-corrected chi connectivity index (χ0v) is 15.1. The van der Waals surface area contributed by atoms with E-state index < -0.39 is 5.91 Å². The SMILES string of the molecule is CC1=Nc2c(c(=O)[nH]n2C(C)C)C(c2ccc(OCC(N)=O)cc2)S1. The van der Waals surface area contributed by atoms with Crippen molar-refractivity contribution < 1.29 is 9.53 Å². The number of nitrogens with one attached hydrogen (secondary N) is 1. The average molecular weight is 360 g/mol. The molecular formula is C17H20N4O3S. The maximum absolute atomic E-state index is 12.5. The molecule has 0 radical (unpaired) electrons. The molecule has 25 heavy (non-hydrogen) atoms. The predicted octanol–water partition coefficient (Wildman–Crippen LogP) is 2.51. The van der Waals surface area contributed by atoms with Gasteiger partial charge in [0.2, 0.25) is 0 Å². The Hall–Kier alpha value is -2.48. The van der Waals surface area contributed by atoms with Gasteiger partial charge < -0.3 is 10.5 Å². The number of carbonyl (C=O) groups is 1. The number of H-pyrrole nitrogens is 1. The van der Waals surface area contributed by atoms with Crippen LogP contribution in [0.2, 0.25) is 0 Å². The molecule has 8 heteroatoms. The fourth-order valence-electron chi connectivity index (χ4n) is 2.71. The summed E-state index contributed by atoms with van der Waals surface area (Å²) in [4.78, 5) is 27.8. The van der Waals surface area contributed by atoms with E-state index in [4.69, 9.17) is 10.5 Å². The highest BCUT2D eigenvalue weighted by Crippen LogP contribution is 2.44. The minimum atomic E-state index is -0.523. The summed E-state index contributed by atoms with van der Waals surface area (Å²) in [5.74, 6) is 0.725. The summed E-state index contributed by atoms with van der Waals surface area (Å²) in [6, 6.07) is 7.44. The number of thioether (sulfide) groups is 1. The van der Waals surface area contributed by atoms with Crippen molar-refractivity contribution >= 4 is 28.5 Å². The first kappa shape index (κ1) is 17.3. The molecule has 1 unspecified atom stereocenters. The maximum Gasteiger partial charge on any atom is 0.271 e. The number of hydrogen-bond acceptors (Lipinski definition) is 5. The minimum Gasteiger partial charge on any atom is -0.484 e. The lowest BCUT2D eigenvalue weighted by Crippen LogP contribution is -2.20. The van der Waals surface area contributed by atoms with E-state index in [1.807, 2.05) is 32.9 Å². The Labute approximate surface area is 149 Å². The summed E-state index contributed by atoms with van der Waals surface area (Å²) in [5.41, 5.74) is 6.59. The van der Waals surface area contributed by atoms with Gasteiger partial charge in [-0.3, -0.25) is 19.4 Å². The maximum atomic E-state index is 12.5. The van der Waals surface area contributed by atoms with Crippen LogP contribution in [0.5, 0.6) is 5.75 Å². The van der Waals surface area contributed by atoms with Crippen LogP contribution in [-0.4, -0.2) is 27.3 Å². The lowest BCUT2D eigenvalue weighted by Gasteiger charge is -2.21. The fraction of sp³-hybridized carbons (Fsp3) is 0.353. The van der Waals surface area contributed by atoms with E-state index in [0.29, 0.717) is 17.1 Å². The molecule has 7 nitrogen and oxygen atoms in total. The van der Waals surface area contributed by atoms with Crippen LogP contribution in [0.3, 0.4) is 0 Å². The number of ether oxygens (including phenoxy) is 1. The molecule has 1 amide bonds. The summed E-state index contributed by atoms with van der Waals surface area (Å²) in [7, 11) is 0. The molecule has 2 heterocycles. The van der Waals surface area contributed by atoms with Crippen molar-refractivity contribution in [3.63, 3.8) is 0 Å². The largest absolute Gasteiger partial charge is 0.484 e. The average Bonchev–Trinajstić information content (AvgIpc) is 2.89. The smallest absolute Gasteiger partial charge is 0.271 e. The molecule has 1 atom stereocenters. The minimum absolute atomic E-state index is 0.112. The Kier molecular flexibility index (Phi) is 4.71. The fourth-order valence-corrected chi connectivity index (χ4v) is 3.81. The molecule has 132 valence electrons. The van der Waals surface area contributed by atoms with E-state index in [0.717, 1.165) is 10.6 Å². The van der Waals surface area contributed by atoms with Crippen LogP contribution in [0, 0.1) is 0 Å². The molecule has 2 aromatic rings. The van der Waals surface area contributed by atoms with Crippen molar-refractivity contribution in [2.45, 2.75) is 32.1 Å². The van der Waals surface area contributed by atoms with E-state index in [2.05, 4.69) is 10.1 Å². The van der Waals surface area contributed by atoms with Gasteiger partial charge in [0.05, 0.1) is 15.9 Å². The van der Waals surface area contributed by atoms with E-state index >= 15 is 0 Å². The van der Waals surface area contributed by atoms with Gasteiger partial charge in [0, 0.05) is 6.04 Å². The third-order valence-corrected chi connectivity index (χ3v) is 5.01. The van der Waals surface area contributed by atoms with Gasteiger partial charge >= 0.3 is 0 Å². The number of nitrogens with zero attached hydrogens (tertiary/aromatic N) is 2. The molecule has 1 aliphatic heterocycles. The highest BCUT2D eigenvalue weighted by molar-refractivity contribution is 8.14. The number of aromatic nitrogens is 2. The van der Waals surface area contributed by atoms with E-state index in [1.165, 1.54) is 0 Å². The van der Waals surface area contributed by atoms with Crippen LogP contribution in [0.25, 0.3) is 0 Å². The first-order valence-electron chi connectivity index (χ1n) is 7.94. The standard InChI is InChI=1S/C17H20N4O3S/c1-9(2)21-16-14(17(23)20-21)15(25-10(3)19-16)11-4-6-12(7-5-11)24-8-13(18)22/h4-7,9,15H,8H2,1-3H3,(H2,18,22)(H,20,23). The van der Waals surface area contributed by atoms with Gasteiger partial charge in [-0.25, -0.2) is 4.99 Å². The first-order valence-corrected chi connectivity index (χ1v) is 8.82. The highest BCUT2D eigenvalue weighted by atomic mass is 32.2. The third-order valence-electron chi connectivity index (χ3n) is 3.83. The number of hydrogen-bond donors (Lipinski definition) is 2. The Bertz CT molecular complexity index is 880.